The van der Waals surface area contributed by atoms with Crippen LogP contribution in [0.3, 0.4) is 0 Å². The number of benzene rings is 4. The molecule has 4 aromatic carbocycles. The predicted molar refractivity (Wildman–Crippen MR) is 207 cm³/mol. The SMILES string of the molecule is C=Cc1c[c-]c2c(c1)-c1cc(C=C)ccc1C2.CC(C)(C)C1=CC[C-]=C1.CC(C)(C)c1ccc([C](=[Zr+2])c2ccc(C(C)(C)C)cc2)cc1.[Cl-].[Cl-]. The fraction of sp³-hybridized carbons (Fsp3) is 0.298. The van der Waals surface area contributed by atoms with Gasteiger partial charge in [0.15, 0.2) is 0 Å². The maximum absolute atomic E-state index is 3.82. The van der Waals surface area contributed by atoms with Crippen molar-refractivity contribution in [3.05, 3.63) is 166 Å². The van der Waals surface area contributed by atoms with Gasteiger partial charge in [-0.3, -0.25) is 6.08 Å². The second-order valence-electron chi connectivity index (χ2n) is 15.8. The van der Waals surface area contributed by atoms with Crippen LogP contribution >= 0.6 is 0 Å². The van der Waals surface area contributed by atoms with E-state index in [0.717, 1.165) is 18.4 Å². The van der Waals surface area contributed by atoms with Gasteiger partial charge in [0.25, 0.3) is 0 Å². The normalized spacial score (nSPS) is 12.7. The first-order chi connectivity index (χ1) is 22.5. The van der Waals surface area contributed by atoms with Crippen molar-refractivity contribution in [3.63, 3.8) is 0 Å². The molecule has 2 aliphatic rings. The van der Waals surface area contributed by atoms with Gasteiger partial charge in [-0.15, -0.1) is 30.2 Å². The van der Waals surface area contributed by atoms with Crippen LogP contribution in [-0.2, 0) is 41.5 Å². The average molecular weight is 779 g/mol. The number of rotatable bonds is 4. The number of fused-ring (bicyclic) bond motifs is 3. The van der Waals surface area contributed by atoms with E-state index in [1.165, 1.54) is 83.1 Å². The zero-order valence-corrected chi connectivity index (χ0v) is 35.4. The van der Waals surface area contributed by atoms with Gasteiger partial charge >= 0.3 is 151 Å². The molecule has 4 aromatic rings. The average Bonchev–Trinajstić information content (AvgIpc) is 3.73. The van der Waals surface area contributed by atoms with E-state index in [1.54, 1.807) is 0 Å². The first-order valence-corrected chi connectivity index (χ1v) is 18.2. The van der Waals surface area contributed by atoms with Crippen LogP contribution < -0.4 is 24.8 Å². The summed E-state index contributed by atoms with van der Waals surface area (Å²) in [7, 11) is 0. The molecule has 0 heterocycles. The van der Waals surface area contributed by atoms with E-state index < -0.39 is 0 Å². The minimum Gasteiger partial charge on any atom is -1.00 e. The maximum atomic E-state index is 3.82. The minimum atomic E-state index is 0. The molecular formula is C47H52Cl2Zr-2. The largest absolute Gasteiger partial charge is 1.00 e. The summed E-state index contributed by atoms with van der Waals surface area (Å²) in [5, 5.41) is 0. The molecule has 0 amide bonds. The molecule has 50 heavy (non-hydrogen) atoms. The molecule has 0 N–H and O–H groups in total. The summed E-state index contributed by atoms with van der Waals surface area (Å²) in [5.74, 6) is 0. The summed E-state index contributed by atoms with van der Waals surface area (Å²) in [6.07, 6.45) is 13.2. The summed E-state index contributed by atoms with van der Waals surface area (Å²) in [6, 6.07) is 32.2. The van der Waals surface area contributed by atoms with Gasteiger partial charge in [0.1, 0.15) is 0 Å². The Hall–Kier alpha value is -2.83. The van der Waals surface area contributed by atoms with Gasteiger partial charge in [-0.05, 0) is 12.0 Å². The maximum Gasteiger partial charge on any atom is -1.00 e. The third kappa shape index (κ3) is 11.3. The molecule has 6 rings (SSSR count). The third-order valence-corrected chi connectivity index (χ3v) is 10.4. The topological polar surface area (TPSA) is 0 Å². The van der Waals surface area contributed by atoms with Crippen molar-refractivity contribution in [1.29, 1.82) is 0 Å². The van der Waals surface area contributed by atoms with Crippen molar-refractivity contribution in [2.24, 2.45) is 5.41 Å². The van der Waals surface area contributed by atoms with Crippen LogP contribution in [0.1, 0.15) is 113 Å². The molecule has 0 fully saturated rings. The standard InChI is InChI=1S/C21H26.C17H13.C9H13.2ClH.Zr/c1-20(2,3)18-11-7-16(8-12-18)15-17-9-13-19(14-10-17)21(4,5)6;1-3-12-5-7-14-11-15-8-6-13(4-2)10-17(15)16(14)9-12;1-9(2,3)8-6-4-5-7-8;;;/h7-14H,1-6H3;3-7,9-10H,1-2,11H2;6-7H,4H2,1-3H3;2*1H;/q;2*-1;;;+2/p-2. The second kappa shape index (κ2) is 18.1. The zero-order chi connectivity index (χ0) is 35.3. The molecule has 0 unspecified atom stereocenters. The molecule has 3 heteroatoms. The smallest absolute Gasteiger partial charge is 1.00 e. The molecule has 0 aromatic heterocycles. The molecule has 0 nitrogen and oxygen atoms in total. The molecule has 2 aliphatic carbocycles. The molecule has 0 saturated heterocycles. The Bertz CT molecular complexity index is 1720. The van der Waals surface area contributed by atoms with Crippen molar-refractivity contribution in [2.45, 2.75) is 86.0 Å². The number of hydrogen-bond donors (Lipinski definition) is 0. The van der Waals surface area contributed by atoms with Gasteiger partial charge in [-0.1, -0.05) is 68.2 Å². The van der Waals surface area contributed by atoms with Gasteiger partial charge in [-0.2, -0.15) is 35.4 Å². The van der Waals surface area contributed by atoms with E-state index in [0.29, 0.717) is 5.41 Å². The molecule has 260 valence electrons. The van der Waals surface area contributed by atoms with Crippen LogP contribution in [0.25, 0.3) is 23.3 Å². The second-order valence-corrected chi connectivity index (χ2v) is 17.0. The van der Waals surface area contributed by atoms with Gasteiger partial charge < -0.3 is 24.8 Å². The van der Waals surface area contributed by atoms with Gasteiger partial charge in [-0.25, -0.2) is 6.08 Å². The third-order valence-electron chi connectivity index (χ3n) is 8.95. The van der Waals surface area contributed by atoms with Crippen LogP contribution in [0.2, 0.25) is 0 Å². The fourth-order valence-electron chi connectivity index (χ4n) is 5.72. The minimum absolute atomic E-state index is 0. The van der Waals surface area contributed by atoms with Crippen molar-refractivity contribution in [1.82, 2.24) is 0 Å². The van der Waals surface area contributed by atoms with Crippen LogP contribution in [0.4, 0.5) is 0 Å². The van der Waals surface area contributed by atoms with Crippen LogP contribution in [-0.4, -0.2) is 3.21 Å². The molecule has 0 radical (unpaired) electrons. The first kappa shape index (κ1) is 43.3. The Labute approximate surface area is 331 Å². The Morgan fingerprint density at radius 1 is 0.660 bits per heavy atom. The zero-order valence-electron chi connectivity index (χ0n) is 31.4. The summed E-state index contributed by atoms with van der Waals surface area (Å²) < 4.78 is 1.42. The van der Waals surface area contributed by atoms with Crippen LogP contribution in [0.15, 0.2) is 110 Å². The quantitative estimate of drug-likeness (QED) is 0.184. The van der Waals surface area contributed by atoms with Gasteiger partial charge in [0, 0.05) is 0 Å². The van der Waals surface area contributed by atoms with E-state index in [1.807, 2.05) is 18.2 Å². The summed E-state index contributed by atoms with van der Waals surface area (Å²) in [5.41, 5.74) is 15.2. The van der Waals surface area contributed by atoms with E-state index in [9.17, 15) is 0 Å². The van der Waals surface area contributed by atoms with Crippen molar-refractivity contribution in [3.8, 4) is 11.1 Å². The number of halogens is 2. The number of hydrogen-bond acceptors (Lipinski definition) is 0. The van der Waals surface area contributed by atoms with Gasteiger partial charge in [0.2, 0.25) is 0 Å². The molecular weight excluding hydrogens is 727 g/mol. The summed E-state index contributed by atoms with van der Waals surface area (Å²) in [4.78, 5) is 0. The molecule has 0 atom stereocenters. The Morgan fingerprint density at radius 2 is 1.16 bits per heavy atom. The number of allylic oxidation sites excluding steroid dienone is 4. The van der Waals surface area contributed by atoms with Crippen LogP contribution in [0.5, 0.6) is 0 Å². The Morgan fingerprint density at radius 3 is 1.56 bits per heavy atom. The van der Waals surface area contributed by atoms with E-state index in [-0.39, 0.29) is 35.6 Å². The molecule has 0 aliphatic heterocycles. The Kier molecular flexibility index (Phi) is 15.7. The van der Waals surface area contributed by atoms with E-state index in [4.69, 9.17) is 0 Å². The van der Waals surface area contributed by atoms with Crippen molar-refractivity contribution in [2.75, 3.05) is 0 Å². The fourth-order valence-corrected chi connectivity index (χ4v) is 6.54. The summed E-state index contributed by atoms with van der Waals surface area (Å²) >= 11 is 1.46. The van der Waals surface area contributed by atoms with Crippen molar-refractivity contribution >= 4 is 15.4 Å². The predicted octanol–water partition coefficient (Wildman–Crippen LogP) is 6.47. The van der Waals surface area contributed by atoms with E-state index in [2.05, 4.69) is 173 Å². The first-order valence-electron chi connectivity index (χ1n) is 17.0. The van der Waals surface area contributed by atoms with Crippen molar-refractivity contribution < 1.29 is 49.0 Å². The molecule has 0 saturated carbocycles. The van der Waals surface area contributed by atoms with E-state index >= 15 is 0 Å². The molecule has 0 spiro atoms. The van der Waals surface area contributed by atoms with Gasteiger partial charge in [0.05, 0.1) is 0 Å². The molecule has 0 bridgehead atoms. The summed E-state index contributed by atoms with van der Waals surface area (Å²) in [6.45, 7) is 27.9. The monoisotopic (exact) mass is 776 g/mol. The van der Waals surface area contributed by atoms with Crippen LogP contribution in [0, 0.1) is 17.6 Å². The Balaban J connectivity index is 0.000000275.